The van der Waals surface area contributed by atoms with E-state index in [2.05, 4.69) is 37.3 Å². The van der Waals surface area contributed by atoms with Crippen LogP contribution >= 0.6 is 55.8 Å². The average molecular weight is 671 g/mol. The number of hydrazine groups is 1. The third-order valence-corrected chi connectivity index (χ3v) is 7.62. The Morgan fingerprint density at radius 2 is 1.78 bits per heavy atom. The molecule has 0 unspecified atom stereocenters. The van der Waals surface area contributed by atoms with E-state index in [1.54, 1.807) is 47.4 Å². The maximum atomic E-state index is 13.0. The van der Waals surface area contributed by atoms with Crippen molar-refractivity contribution in [2.75, 3.05) is 26.3 Å². The summed E-state index contributed by atoms with van der Waals surface area (Å²) in [5, 5.41) is 1.06. The third kappa shape index (κ3) is 7.34. The van der Waals surface area contributed by atoms with Gasteiger partial charge in [-0.2, -0.15) is 5.01 Å². The average Bonchev–Trinajstić information content (AvgIpc) is 3.12. The number of likely N-dealkylation sites (N-methyl/N-ethyl adjacent to an activating group) is 1. The Bertz CT molecular complexity index is 1230. The van der Waals surface area contributed by atoms with Crippen LogP contribution in [0.15, 0.2) is 50.2 Å². The van der Waals surface area contributed by atoms with Crippen LogP contribution in [-0.2, 0) is 9.59 Å². The monoisotopic (exact) mass is 669 g/mol. The number of ether oxygens (including phenoxy) is 2. The molecule has 1 fully saturated rings. The molecule has 0 aromatic heterocycles. The zero-order valence-electron chi connectivity index (χ0n) is 20.4. The predicted octanol–water partition coefficient (Wildman–Crippen LogP) is 5.40. The normalized spacial score (nSPS) is 14.2. The molecule has 1 saturated heterocycles. The summed E-state index contributed by atoms with van der Waals surface area (Å²) in [4.78, 5) is 40.0. The zero-order chi connectivity index (χ0) is 27.1. The van der Waals surface area contributed by atoms with Gasteiger partial charge in [0.1, 0.15) is 0 Å². The summed E-state index contributed by atoms with van der Waals surface area (Å²) in [5.74, 6) is -0.201. The number of nitrogens with one attached hydrogen (secondary N) is 1. The number of nitrogens with zero attached hydrogens (tertiary/aromatic N) is 2. The minimum atomic E-state index is -0.452. The summed E-state index contributed by atoms with van der Waals surface area (Å²) in [6, 6.07) is 10.2. The molecule has 0 spiro atoms. The quantitative estimate of drug-likeness (QED) is 0.267. The second-order valence-electron chi connectivity index (χ2n) is 7.58. The topological polar surface area (TPSA) is 88.2 Å². The molecule has 0 aliphatic carbocycles. The predicted molar refractivity (Wildman–Crippen MR) is 155 cm³/mol. The van der Waals surface area contributed by atoms with Crippen LogP contribution in [0.4, 0.5) is 0 Å². The molecule has 8 nitrogen and oxygen atoms in total. The molecular formula is C25H25Br2N3O5S2. The number of hydrogen-bond donors (Lipinski definition) is 1. The molecule has 2 aromatic rings. The van der Waals surface area contributed by atoms with E-state index in [0.717, 1.165) is 21.2 Å². The minimum Gasteiger partial charge on any atom is -0.490 e. The van der Waals surface area contributed by atoms with Crippen molar-refractivity contribution in [1.82, 2.24) is 15.3 Å². The van der Waals surface area contributed by atoms with Crippen molar-refractivity contribution in [2.45, 2.75) is 20.8 Å². The summed E-state index contributed by atoms with van der Waals surface area (Å²) in [6.07, 6.45) is 1.66. The highest BCUT2D eigenvalue weighted by Crippen LogP contribution is 2.39. The first-order valence-electron chi connectivity index (χ1n) is 11.4. The van der Waals surface area contributed by atoms with Gasteiger partial charge in [0.05, 0.1) is 16.0 Å². The van der Waals surface area contributed by atoms with E-state index < -0.39 is 11.8 Å². The van der Waals surface area contributed by atoms with Crippen molar-refractivity contribution in [3.8, 4) is 11.5 Å². The Hall–Kier alpha value is -2.41. The van der Waals surface area contributed by atoms with Gasteiger partial charge < -0.3 is 14.4 Å². The van der Waals surface area contributed by atoms with Crippen LogP contribution in [0, 0.1) is 0 Å². The van der Waals surface area contributed by atoms with Gasteiger partial charge in [-0.05, 0) is 97.0 Å². The highest BCUT2D eigenvalue weighted by atomic mass is 79.9. The van der Waals surface area contributed by atoms with Gasteiger partial charge in [-0.1, -0.05) is 27.7 Å². The molecule has 3 rings (SSSR count). The molecule has 1 heterocycles. The molecule has 0 saturated carbocycles. The van der Waals surface area contributed by atoms with Gasteiger partial charge in [0.2, 0.25) is 0 Å². The molecule has 2 aromatic carbocycles. The Balaban J connectivity index is 1.79. The minimum absolute atomic E-state index is 0.128. The summed E-state index contributed by atoms with van der Waals surface area (Å²) in [7, 11) is 0. The Kier molecular flexibility index (Phi) is 10.6. The van der Waals surface area contributed by atoms with Crippen LogP contribution in [0.25, 0.3) is 6.08 Å². The Morgan fingerprint density at radius 1 is 1.11 bits per heavy atom. The number of halogens is 2. The zero-order valence-corrected chi connectivity index (χ0v) is 25.2. The molecule has 0 atom stereocenters. The van der Waals surface area contributed by atoms with Crippen LogP contribution in [0.2, 0.25) is 0 Å². The summed E-state index contributed by atoms with van der Waals surface area (Å²) in [6.45, 7) is 7.10. The first-order chi connectivity index (χ1) is 17.7. The molecular weight excluding hydrogens is 646 g/mol. The molecule has 196 valence electrons. The Morgan fingerprint density at radius 3 is 2.41 bits per heavy atom. The molecule has 1 aliphatic heterocycles. The van der Waals surface area contributed by atoms with Gasteiger partial charge in [0, 0.05) is 23.1 Å². The highest BCUT2D eigenvalue weighted by molar-refractivity contribution is 9.10. The molecule has 1 N–H and O–H groups in total. The van der Waals surface area contributed by atoms with Gasteiger partial charge in [-0.25, -0.2) is 0 Å². The fourth-order valence-electron chi connectivity index (χ4n) is 3.36. The molecule has 0 radical (unpaired) electrons. The molecule has 3 amide bonds. The molecule has 12 heteroatoms. The van der Waals surface area contributed by atoms with Crippen LogP contribution < -0.4 is 14.9 Å². The summed E-state index contributed by atoms with van der Waals surface area (Å²) >= 11 is 13.2. The number of thiocarbonyl (C=S) groups is 1. The summed E-state index contributed by atoms with van der Waals surface area (Å²) < 4.78 is 13.2. The molecule has 37 heavy (non-hydrogen) atoms. The number of carbonyl (C=O) groups is 3. The standard InChI is InChI=1S/C25H25Br2N3O5S2/c1-4-29(5-2)21(31)14-35-22-18(27)11-15(12-19(22)34-6-3)13-20-24(33)30(25(36)37-20)28-23(32)16-7-9-17(26)10-8-16/h7-13H,4-6,14H2,1-3H3,(H,28,32)/b20-13+. The van der Waals surface area contributed by atoms with Gasteiger partial charge in [-0.15, -0.1) is 0 Å². The second-order valence-corrected chi connectivity index (χ2v) is 11.0. The fourth-order valence-corrected chi connectivity index (χ4v) is 5.38. The highest BCUT2D eigenvalue weighted by Gasteiger charge is 2.34. The summed E-state index contributed by atoms with van der Waals surface area (Å²) in [5.41, 5.74) is 3.61. The lowest BCUT2D eigenvalue weighted by atomic mass is 10.2. The van der Waals surface area contributed by atoms with E-state index in [1.807, 2.05) is 20.8 Å². The van der Waals surface area contributed by atoms with E-state index in [9.17, 15) is 14.4 Å². The number of rotatable bonds is 10. The number of amides is 3. The lowest BCUT2D eigenvalue weighted by Gasteiger charge is -2.20. The maximum Gasteiger partial charge on any atom is 0.285 e. The number of thioether (sulfide) groups is 1. The van der Waals surface area contributed by atoms with Gasteiger partial charge in [-0.3, -0.25) is 19.8 Å². The number of benzene rings is 2. The van der Waals surface area contributed by atoms with Crippen molar-refractivity contribution in [1.29, 1.82) is 0 Å². The van der Waals surface area contributed by atoms with Crippen molar-refractivity contribution < 1.29 is 23.9 Å². The Labute approximate surface area is 242 Å². The van der Waals surface area contributed by atoms with E-state index in [1.165, 1.54) is 0 Å². The smallest absolute Gasteiger partial charge is 0.285 e. The van der Waals surface area contributed by atoms with Gasteiger partial charge >= 0.3 is 0 Å². The van der Waals surface area contributed by atoms with Crippen LogP contribution in [-0.4, -0.2) is 58.3 Å². The number of carbonyl (C=O) groups excluding carboxylic acids is 3. The molecule has 0 bridgehead atoms. The fraction of sp³-hybridized carbons (Fsp3) is 0.280. The van der Waals surface area contributed by atoms with E-state index in [4.69, 9.17) is 21.7 Å². The van der Waals surface area contributed by atoms with Crippen molar-refractivity contribution in [3.05, 3.63) is 61.4 Å². The largest absolute Gasteiger partial charge is 0.490 e. The third-order valence-electron chi connectivity index (χ3n) is 5.20. The SMILES string of the molecule is CCOc1cc(/C=C2/SC(=S)N(NC(=O)c3ccc(Br)cc3)C2=O)cc(Br)c1OCC(=O)N(CC)CC. The van der Waals surface area contributed by atoms with E-state index in [-0.39, 0.29) is 16.8 Å². The first kappa shape index (κ1) is 29.2. The van der Waals surface area contributed by atoms with Crippen LogP contribution in [0.1, 0.15) is 36.7 Å². The lowest BCUT2D eigenvalue weighted by Crippen LogP contribution is -2.44. The maximum absolute atomic E-state index is 13.0. The van der Waals surface area contributed by atoms with Crippen molar-refractivity contribution in [2.24, 2.45) is 0 Å². The van der Waals surface area contributed by atoms with Crippen molar-refractivity contribution in [3.63, 3.8) is 0 Å². The second kappa shape index (κ2) is 13.4. The van der Waals surface area contributed by atoms with Crippen LogP contribution in [0.3, 0.4) is 0 Å². The van der Waals surface area contributed by atoms with E-state index in [0.29, 0.717) is 51.7 Å². The van der Waals surface area contributed by atoms with Gasteiger partial charge in [0.25, 0.3) is 17.7 Å². The van der Waals surface area contributed by atoms with Gasteiger partial charge in [0.15, 0.2) is 22.4 Å². The van der Waals surface area contributed by atoms with Crippen LogP contribution in [0.5, 0.6) is 11.5 Å². The van der Waals surface area contributed by atoms with E-state index >= 15 is 0 Å². The van der Waals surface area contributed by atoms with Crippen molar-refractivity contribution >= 4 is 84.0 Å². The molecule has 1 aliphatic rings. The lowest BCUT2D eigenvalue weighted by molar-refractivity contribution is -0.133. The number of hydrogen-bond acceptors (Lipinski definition) is 7. The first-order valence-corrected chi connectivity index (χ1v) is 14.2.